The number of nitrogens with zero attached hydrogens (tertiary/aromatic N) is 3. The van der Waals surface area contributed by atoms with E-state index >= 15 is 0 Å². The van der Waals surface area contributed by atoms with Crippen LogP contribution in [0.5, 0.6) is 0 Å². The lowest BCUT2D eigenvalue weighted by molar-refractivity contribution is -0.384. The Kier molecular flexibility index (Phi) is 4.36. The normalized spacial score (nSPS) is 10.6. The average Bonchev–Trinajstić information content (AvgIpc) is 3.05. The van der Waals surface area contributed by atoms with Crippen molar-refractivity contribution >= 4 is 17.4 Å². The molecule has 0 atom stereocenters. The zero-order valence-corrected chi connectivity index (χ0v) is 11.9. The maximum atomic E-state index is 12.3. The number of carbonyl (C=O) groups is 1. The second-order valence-electron chi connectivity index (χ2n) is 4.61. The third kappa shape index (κ3) is 3.10. The minimum Gasteiger partial charge on any atom is -0.337 e. The molecule has 0 aromatic carbocycles. The van der Waals surface area contributed by atoms with Gasteiger partial charge in [-0.1, -0.05) is 13.8 Å². The lowest BCUT2D eigenvalue weighted by atomic mass is 10.2. The van der Waals surface area contributed by atoms with Crippen LogP contribution in [0, 0.1) is 10.1 Å². The molecule has 8 heteroatoms. The number of carbonyl (C=O) groups excluding carboxylic acids is 1. The maximum Gasteiger partial charge on any atom is 0.287 e. The van der Waals surface area contributed by atoms with Gasteiger partial charge < -0.3 is 9.88 Å². The van der Waals surface area contributed by atoms with Gasteiger partial charge in [-0.3, -0.25) is 20.0 Å². The van der Waals surface area contributed by atoms with Gasteiger partial charge in [0.25, 0.3) is 11.6 Å². The molecule has 112 valence electrons. The van der Waals surface area contributed by atoms with Crippen LogP contribution in [-0.4, -0.2) is 25.6 Å². The lowest BCUT2D eigenvalue weighted by Gasteiger charge is -2.07. The number of nitro groups is 1. The van der Waals surface area contributed by atoms with Gasteiger partial charge in [-0.05, 0) is 12.8 Å². The summed E-state index contributed by atoms with van der Waals surface area (Å²) < 4.78 is 1.59. The molecule has 0 saturated heterocycles. The minimum atomic E-state index is -0.503. The van der Waals surface area contributed by atoms with E-state index in [-0.39, 0.29) is 11.4 Å². The Hall–Kier alpha value is -2.64. The molecule has 0 bridgehead atoms. The summed E-state index contributed by atoms with van der Waals surface area (Å²) >= 11 is 0. The third-order valence-corrected chi connectivity index (χ3v) is 3.13. The molecule has 0 aliphatic heterocycles. The molecule has 2 rings (SSSR count). The smallest absolute Gasteiger partial charge is 0.287 e. The molecule has 0 radical (unpaired) electrons. The first kappa shape index (κ1) is 14.8. The molecule has 0 saturated carbocycles. The van der Waals surface area contributed by atoms with E-state index in [1.807, 2.05) is 13.8 Å². The highest BCUT2D eigenvalue weighted by atomic mass is 16.6. The summed E-state index contributed by atoms with van der Waals surface area (Å²) in [6.45, 7) is 4.43. The third-order valence-electron chi connectivity index (χ3n) is 3.13. The molecule has 8 nitrogen and oxygen atoms in total. The molecule has 2 aromatic rings. The summed E-state index contributed by atoms with van der Waals surface area (Å²) in [5, 5.41) is 20.2. The van der Waals surface area contributed by atoms with Crippen LogP contribution in [0.3, 0.4) is 0 Å². The number of hydrogen-bond donors (Lipinski definition) is 2. The van der Waals surface area contributed by atoms with Crippen LogP contribution >= 0.6 is 0 Å². The molecular weight excluding hydrogens is 274 g/mol. The van der Waals surface area contributed by atoms with E-state index < -0.39 is 10.8 Å². The van der Waals surface area contributed by atoms with Gasteiger partial charge >= 0.3 is 0 Å². The van der Waals surface area contributed by atoms with Crippen molar-refractivity contribution in [3.63, 3.8) is 0 Å². The molecule has 21 heavy (non-hydrogen) atoms. The number of amides is 1. The fourth-order valence-electron chi connectivity index (χ4n) is 2.08. The number of rotatable bonds is 6. The molecule has 2 N–H and O–H groups in total. The molecule has 2 heterocycles. The highest BCUT2D eigenvalue weighted by Gasteiger charge is 2.20. The summed E-state index contributed by atoms with van der Waals surface area (Å²) in [6, 6.07) is 1.28. The number of nitrogens with one attached hydrogen (secondary N) is 2. The molecule has 0 fully saturated rings. The minimum absolute atomic E-state index is 0.0890. The van der Waals surface area contributed by atoms with Gasteiger partial charge in [0.1, 0.15) is 11.5 Å². The average molecular weight is 291 g/mol. The van der Waals surface area contributed by atoms with Crippen molar-refractivity contribution in [2.45, 2.75) is 33.2 Å². The van der Waals surface area contributed by atoms with E-state index in [4.69, 9.17) is 0 Å². The topological polar surface area (TPSA) is 106 Å². The van der Waals surface area contributed by atoms with Crippen LogP contribution in [0.4, 0.5) is 11.5 Å². The highest BCUT2D eigenvalue weighted by molar-refractivity contribution is 6.03. The van der Waals surface area contributed by atoms with Gasteiger partial charge in [0.05, 0.1) is 17.3 Å². The predicted molar refractivity (Wildman–Crippen MR) is 77.3 cm³/mol. The molecular formula is C13H17N5O3. The predicted octanol–water partition coefficient (Wildman–Crippen LogP) is 2.34. The first-order valence-corrected chi connectivity index (χ1v) is 6.75. The van der Waals surface area contributed by atoms with Crippen LogP contribution in [-0.2, 0) is 13.0 Å². The Bertz CT molecular complexity index is 659. The van der Waals surface area contributed by atoms with Crippen LogP contribution < -0.4 is 5.32 Å². The lowest BCUT2D eigenvalue weighted by Crippen LogP contribution is -2.17. The number of aromatic nitrogens is 3. The Morgan fingerprint density at radius 2 is 2.29 bits per heavy atom. The Balaban J connectivity index is 2.27. The zero-order valence-electron chi connectivity index (χ0n) is 11.9. The zero-order chi connectivity index (χ0) is 15.4. The molecule has 0 spiro atoms. The van der Waals surface area contributed by atoms with E-state index in [2.05, 4.69) is 15.5 Å². The van der Waals surface area contributed by atoms with Crippen molar-refractivity contribution in [1.82, 2.24) is 14.8 Å². The number of aromatic amines is 1. The fourth-order valence-corrected chi connectivity index (χ4v) is 2.08. The first-order chi connectivity index (χ1) is 10.1. The summed E-state index contributed by atoms with van der Waals surface area (Å²) in [5.74, 6) is 0.130. The van der Waals surface area contributed by atoms with Gasteiger partial charge in [-0.2, -0.15) is 5.10 Å². The highest BCUT2D eigenvalue weighted by Crippen LogP contribution is 2.19. The Labute approximate surface area is 121 Å². The second kappa shape index (κ2) is 6.21. The van der Waals surface area contributed by atoms with Gasteiger partial charge in [-0.15, -0.1) is 0 Å². The van der Waals surface area contributed by atoms with E-state index in [1.165, 1.54) is 12.3 Å². The largest absolute Gasteiger partial charge is 0.337 e. The summed E-state index contributed by atoms with van der Waals surface area (Å²) in [5.41, 5.74) is 1.06. The number of hydrogen-bond acceptors (Lipinski definition) is 4. The number of anilines is 1. The number of H-pyrrole nitrogens is 1. The summed E-state index contributed by atoms with van der Waals surface area (Å²) in [6.07, 6.45) is 4.52. The molecule has 0 unspecified atom stereocenters. The summed E-state index contributed by atoms with van der Waals surface area (Å²) in [7, 11) is 0. The van der Waals surface area contributed by atoms with Gasteiger partial charge in [0, 0.05) is 18.2 Å². The molecule has 1 amide bonds. The van der Waals surface area contributed by atoms with Crippen molar-refractivity contribution in [3.05, 3.63) is 39.8 Å². The van der Waals surface area contributed by atoms with Crippen molar-refractivity contribution in [2.24, 2.45) is 0 Å². The standard InChI is InChI=1S/C13H17N5O3/c1-3-5-17-8-10(18(20)21)6-11(17)13(19)15-12-9(4-2)7-14-16-12/h6-8H,3-5H2,1-2H3,(H2,14,15,16,19). The van der Waals surface area contributed by atoms with Crippen LogP contribution in [0.1, 0.15) is 36.3 Å². The van der Waals surface area contributed by atoms with Crippen LogP contribution in [0.2, 0.25) is 0 Å². The second-order valence-corrected chi connectivity index (χ2v) is 4.61. The van der Waals surface area contributed by atoms with Gasteiger partial charge in [-0.25, -0.2) is 0 Å². The Morgan fingerprint density at radius 1 is 1.52 bits per heavy atom. The molecule has 0 aliphatic rings. The molecule has 2 aromatic heterocycles. The van der Waals surface area contributed by atoms with Crippen molar-refractivity contribution < 1.29 is 9.72 Å². The van der Waals surface area contributed by atoms with Crippen LogP contribution in [0.25, 0.3) is 0 Å². The van der Waals surface area contributed by atoms with Crippen molar-refractivity contribution in [1.29, 1.82) is 0 Å². The van der Waals surface area contributed by atoms with Crippen molar-refractivity contribution in [3.8, 4) is 0 Å². The van der Waals surface area contributed by atoms with Crippen molar-refractivity contribution in [2.75, 3.05) is 5.32 Å². The van der Waals surface area contributed by atoms with E-state index in [0.29, 0.717) is 12.4 Å². The van der Waals surface area contributed by atoms with E-state index in [1.54, 1.807) is 10.8 Å². The monoisotopic (exact) mass is 291 g/mol. The Morgan fingerprint density at radius 3 is 2.90 bits per heavy atom. The van der Waals surface area contributed by atoms with E-state index in [9.17, 15) is 14.9 Å². The summed E-state index contributed by atoms with van der Waals surface area (Å²) in [4.78, 5) is 22.7. The van der Waals surface area contributed by atoms with Gasteiger partial charge in [0.15, 0.2) is 0 Å². The quantitative estimate of drug-likeness (QED) is 0.629. The molecule has 0 aliphatic carbocycles. The fraction of sp³-hybridized carbons (Fsp3) is 0.385. The number of aryl methyl sites for hydroxylation is 2. The SMILES string of the molecule is CCCn1cc([N+](=O)[O-])cc1C(=O)Nc1[nH]ncc1CC. The van der Waals surface area contributed by atoms with Gasteiger partial charge in [0.2, 0.25) is 0 Å². The first-order valence-electron chi connectivity index (χ1n) is 6.75. The van der Waals surface area contributed by atoms with E-state index in [0.717, 1.165) is 18.4 Å². The van der Waals surface area contributed by atoms with Crippen LogP contribution in [0.15, 0.2) is 18.5 Å². The maximum absolute atomic E-state index is 12.3.